The van der Waals surface area contributed by atoms with E-state index in [4.69, 9.17) is 9.26 Å². The van der Waals surface area contributed by atoms with Crippen LogP contribution in [0.25, 0.3) is 11.4 Å². The van der Waals surface area contributed by atoms with Crippen LogP contribution in [0.5, 0.6) is 5.75 Å². The fourth-order valence-electron chi connectivity index (χ4n) is 2.16. The molecule has 26 heavy (non-hydrogen) atoms. The van der Waals surface area contributed by atoms with E-state index in [0.717, 1.165) is 11.3 Å². The molecule has 2 heterocycles. The van der Waals surface area contributed by atoms with Crippen molar-refractivity contribution in [2.24, 2.45) is 0 Å². The summed E-state index contributed by atoms with van der Waals surface area (Å²) in [6, 6.07) is 10.5. The molecular weight excluding hydrogens is 338 g/mol. The summed E-state index contributed by atoms with van der Waals surface area (Å²) >= 11 is 0. The molecule has 0 aliphatic carbocycles. The molecule has 0 aliphatic rings. The highest BCUT2D eigenvalue weighted by atomic mass is 16.5. The van der Waals surface area contributed by atoms with Gasteiger partial charge in [-0.15, -0.1) is 0 Å². The lowest BCUT2D eigenvalue weighted by Crippen LogP contribution is -2.41. The SMILES string of the molecule is COc1ccc(-c2noc(CCC(=O)NNC(=O)c3ccc[nH]3)n2)cc1. The van der Waals surface area contributed by atoms with Crippen molar-refractivity contribution in [3.8, 4) is 17.1 Å². The van der Waals surface area contributed by atoms with E-state index in [1.54, 1.807) is 37.6 Å². The van der Waals surface area contributed by atoms with Gasteiger partial charge in [0.2, 0.25) is 17.6 Å². The second-order valence-corrected chi connectivity index (χ2v) is 5.33. The average Bonchev–Trinajstić information content (AvgIpc) is 3.36. The fourth-order valence-corrected chi connectivity index (χ4v) is 2.16. The van der Waals surface area contributed by atoms with Gasteiger partial charge in [0, 0.05) is 24.6 Å². The zero-order valence-corrected chi connectivity index (χ0v) is 14.0. The molecule has 9 nitrogen and oxygen atoms in total. The summed E-state index contributed by atoms with van der Waals surface area (Å²) in [5.41, 5.74) is 5.78. The molecule has 134 valence electrons. The number of aryl methyl sites for hydroxylation is 1. The highest BCUT2D eigenvalue weighted by Gasteiger charge is 2.12. The van der Waals surface area contributed by atoms with Crippen LogP contribution in [0.3, 0.4) is 0 Å². The Balaban J connectivity index is 1.48. The van der Waals surface area contributed by atoms with Gasteiger partial charge < -0.3 is 14.2 Å². The van der Waals surface area contributed by atoms with Gasteiger partial charge in [-0.05, 0) is 36.4 Å². The Kier molecular flexibility index (Phi) is 5.28. The lowest BCUT2D eigenvalue weighted by molar-refractivity contribution is -0.121. The number of carbonyl (C=O) groups excluding carboxylic acids is 2. The number of nitrogens with zero attached hydrogens (tertiary/aromatic N) is 2. The Morgan fingerprint density at radius 1 is 1.19 bits per heavy atom. The third kappa shape index (κ3) is 4.26. The van der Waals surface area contributed by atoms with E-state index in [1.165, 1.54) is 0 Å². The first-order valence-corrected chi connectivity index (χ1v) is 7.85. The topological polar surface area (TPSA) is 122 Å². The first kappa shape index (κ1) is 17.2. The summed E-state index contributed by atoms with van der Waals surface area (Å²) < 4.78 is 10.2. The Bertz CT molecular complexity index is 871. The minimum atomic E-state index is -0.428. The number of ether oxygens (including phenoxy) is 1. The predicted molar refractivity (Wildman–Crippen MR) is 91.0 cm³/mol. The number of aromatic nitrogens is 3. The summed E-state index contributed by atoms with van der Waals surface area (Å²) in [5, 5.41) is 3.90. The minimum Gasteiger partial charge on any atom is -0.497 e. The molecule has 2 amide bonds. The van der Waals surface area contributed by atoms with Crippen LogP contribution in [0.15, 0.2) is 47.1 Å². The zero-order valence-electron chi connectivity index (χ0n) is 14.0. The van der Waals surface area contributed by atoms with Gasteiger partial charge in [0.1, 0.15) is 11.4 Å². The van der Waals surface area contributed by atoms with Crippen LogP contribution in [-0.2, 0) is 11.2 Å². The van der Waals surface area contributed by atoms with Crippen molar-refractivity contribution in [2.45, 2.75) is 12.8 Å². The largest absolute Gasteiger partial charge is 0.497 e. The van der Waals surface area contributed by atoms with Gasteiger partial charge in [0.15, 0.2) is 0 Å². The average molecular weight is 355 g/mol. The molecule has 0 bridgehead atoms. The Morgan fingerprint density at radius 3 is 2.69 bits per heavy atom. The number of hydrogen-bond donors (Lipinski definition) is 3. The first-order chi connectivity index (χ1) is 12.7. The number of aromatic amines is 1. The molecule has 1 aromatic carbocycles. The fraction of sp³-hybridized carbons (Fsp3) is 0.176. The number of hydrazine groups is 1. The highest BCUT2D eigenvalue weighted by molar-refractivity contribution is 5.93. The van der Waals surface area contributed by atoms with Crippen LogP contribution in [0.2, 0.25) is 0 Å². The van der Waals surface area contributed by atoms with E-state index in [2.05, 4.69) is 26.0 Å². The lowest BCUT2D eigenvalue weighted by Gasteiger charge is -2.05. The van der Waals surface area contributed by atoms with Crippen LogP contribution in [-0.4, -0.2) is 34.0 Å². The van der Waals surface area contributed by atoms with E-state index >= 15 is 0 Å². The molecule has 0 fully saturated rings. The lowest BCUT2D eigenvalue weighted by atomic mass is 10.2. The monoisotopic (exact) mass is 355 g/mol. The van der Waals surface area contributed by atoms with Crippen molar-refractivity contribution < 1.29 is 18.8 Å². The Hall–Kier alpha value is -3.62. The van der Waals surface area contributed by atoms with Crippen molar-refractivity contribution in [3.05, 3.63) is 54.2 Å². The first-order valence-electron chi connectivity index (χ1n) is 7.85. The molecule has 0 radical (unpaired) electrons. The number of hydrogen-bond acceptors (Lipinski definition) is 6. The van der Waals surface area contributed by atoms with Gasteiger partial charge in [0.05, 0.1) is 7.11 Å². The van der Waals surface area contributed by atoms with Crippen LogP contribution in [0.4, 0.5) is 0 Å². The zero-order chi connectivity index (χ0) is 18.4. The van der Waals surface area contributed by atoms with Crippen molar-refractivity contribution in [1.29, 1.82) is 0 Å². The quantitative estimate of drug-likeness (QED) is 0.576. The molecule has 0 atom stereocenters. The maximum absolute atomic E-state index is 11.8. The summed E-state index contributed by atoms with van der Waals surface area (Å²) in [7, 11) is 1.59. The van der Waals surface area contributed by atoms with Gasteiger partial charge in [-0.1, -0.05) is 5.16 Å². The van der Waals surface area contributed by atoms with Crippen LogP contribution >= 0.6 is 0 Å². The highest BCUT2D eigenvalue weighted by Crippen LogP contribution is 2.19. The molecule has 0 saturated heterocycles. The van der Waals surface area contributed by atoms with Crippen molar-refractivity contribution in [1.82, 2.24) is 26.0 Å². The van der Waals surface area contributed by atoms with Crippen molar-refractivity contribution in [3.63, 3.8) is 0 Å². The van der Waals surface area contributed by atoms with Gasteiger partial charge in [-0.2, -0.15) is 4.98 Å². The van der Waals surface area contributed by atoms with Gasteiger partial charge in [0.25, 0.3) is 5.91 Å². The van der Waals surface area contributed by atoms with Crippen molar-refractivity contribution >= 4 is 11.8 Å². The molecule has 3 rings (SSSR count). The number of nitrogens with one attached hydrogen (secondary N) is 3. The maximum atomic E-state index is 11.8. The van der Waals surface area contributed by atoms with Gasteiger partial charge in [-0.25, -0.2) is 0 Å². The van der Waals surface area contributed by atoms with E-state index in [9.17, 15) is 9.59 Å². The van der Waals surface area contributed by atoms with Gasteiger partial charge >= 0.3 is 0 Å². The smallest absolute Gasteiger partial charge is 0.286 e. The van der Waals surface area contributed by atoms with E-state index in [-0.39, 0.29) is 18.7 Å². The third-order valence-electron chi connectivity index (χ3n) is 3.54. The number of H-pyrrole nitrogens is 1. The second kappa shape index (κ2) is 7.97. The number of amides is 2. The number of carbonyl (C=O) groups is 2. The second-order valence-electron chi connectivity index (χ2n) is 5.33. The predicted octanol–water partition coefficient (Wildman–Crippen LogP) is 1.47. The van der Waals surface area contributed by atoms with E-state index in [1.807, 2.05) is 12.1 Å². The number of benzene rings is 1. The molecular formula is C17H17N5O4. The number of methoxy groups -OCH3 is 1. The van der Waals surface area contributed by atoms with Crippen molar-refractivity contribution in [2.75, 3.05) is 7.11 Å². The summed E-state index contributed by atoms with van der Waals surface area (Å²) in [6.45, 7) is 0. The van der Waals surface area contributed by atoms with Gasteiger partial charge in [-0.3, -0.25) is 20.4 Å². The Morgan fingerprint density at radius 2 is 2.00 bits per heavy atom. The normalized spacial score (nSPS) is 10.3. The summed E-state index contributed by atoms with van der Waals surface area (Å²) in [4.78, 5) is 30.5. The molecule has 0 saturated carbocycles. The van der Waals surface area contributed by atoms with Crippen LogP contribution < -0.4 is 15.6 Å². The molecule has 9 heteroatoms. The molecule has 2 aromatic heterocycles. The van der Waals surface area contributed by atoms with Crippen LogP contribution in [0.1, 0.15) is 22.8 Å². The summed E-state index contributed by atoms with van der Waals surface area (Å²) in [6.07, 6.45) is 1.97. The number of rotatable bonds is 6. The third-order valence-corrected chi connectivity index (χ3v) is 3.54. The standard InChI is InChI=1S/C17H17N5O4/c1-25-12-6-4-11(5-7-12)16-19-15(26-22-16)9-8-14(23)20-21-17(24)13-3-2-10-18-13/h2-7,10,18H,8-9H2,1H3,(H,20,23)(H,21,24). The Labute approximate surface area is 148 Å². The summed E-state index contributed by atoms with van der Waals surface area (Å²) in [5.74, 6) is 0.706. The molecule has 0 unspecified atom stereocenters. The molecule has 3 aromatic rings. The minimum absolute atomic E-state index is 0.0925. The molecule has 0 aliphatic heterocycles. The molecule has 0 spiro atoms. The van der Waals surface area contributed by atoms with E-state index < -0.39 is 5.91 Å². The van der Waals surface area contributed by atoms with E-state index in [0.29, 0.717) is 17.4 Å². The van der Waals surface area contributed by atoms with Crippen LogP contribution in [0, 0.1) is 0 Å². The molecule has 3 N–H and O–H groups in total. The maximum Gasteiger partial charge on any atom is 0.286 e.